The number of carbonyl (C=O) groups excluding carboxylic acids is 2. The molecule has 2 unspecified atom stereocenters. The Kier molecular flexibility index (Phi) is 4.46. The van der Waals surface area contributed by atoms with E-state index in [0.717, 1.165) is 0 Å². The summed E-state index contributed by atoms with van der Waals surface area (Å²) < 4.78 is 10.2. The summed E-state index contributed by atoms with van der Waals surface area (Å²) in [6, 6.07) is 0. The maximum Gasteiger partial charge on any atom is 0.330 e. The zero-order chi connectivity index (χ0) is 13.1. The third-order valence-corrected chi connectivity index (χ3v) is 2.78. The molecule has 1 saturated heterocycles. The monoisotopic (exact) mass is 240 g/mol. The van der Waals surface area contributed by atoms with Crippen LogP contribution in [0.25, 0.3) is 0 Å². The highest BCUT2D eigenvalue weighted by atomic mass is 16.6. The molecule has 0 aromatic rings. The van der Waals surface area contributed by atoms with E-state index in [1.807, 2.05) is 20.8 Å². The van der Waals surface area contributed by atoms with Gasteiger partial charge in [-0.3, -0.25) is 4.79 Å². The molecule has 2 atom stereocenters. The van der Waals surface area contributed by atoms with Gasteiger partial charge >= 0.3 is 5.97 Å². The summed E-state index contributed by atoms with van der Waals surface area (Å²) in [5, 5.41) is 0. The van der Waals surface area contributed by atoms with E-state index in [-0.39, 0.29) is 23.8 Å². The number of rotatable bonds is 6. The Bertz CT molecular complexity index is 332. The highest BCUT2D eigenvalue weighted by Gasteiger charge is 2.55. The standard InChI is InChI=1S/C13H20O4/c1-5-16-10(14)7-6-8-13(4)12(17-13)11(15)9(2)3/h6-7,9,12H,5,8H2,1-4H3/b7-6+. The molecule has 0 spiro atoms. The van der Waals surface area contributed by atoms with Crippen LogP contribution in [-0.4, -0.2) is 30.1 Å². The van der Waals surface area contributed by atoms with Crippen LogP contribution in [0.1, 0.15) is 34.1 Å². The maximum atomic E-state index is 11.7. The lowest BCUT2D eigenvalue weighted by molar-refractivity contribution is -0.137. The predicted molar refractivity (Wildman–Crippen MR) is 63.5 cm³/mol. The predicted octanol–water partition coefficient (Wildman–Crippen LogP) is 1.88. The number of ketones is 1. The summed E-state index contributed by atoms with van der Waals surface area (Å²) in [5.41, 5.74) is -0.440. The van der Waals surface area contributed by atoms with Crippen molar-refractivity contribution in [3.63, 3.8) is 0 Å². The molecule has 4 heteroatoms. The number of carbonyl (C=O) groups is 2. The number of esters is 1. The van der Waals surface area contributed by atoms with Gasteiger partial charge in [0.05, 0.1) is 6.61 Å². The largest absolute Gasteiger partial charge is 0.463 e. The van der Waals surface area contributed by atoms with Crippen LogP contribution < -0.4 is 0 Å². The van der Waals surface area contributed by atoms with Crippen LogP contribution in [0, 0.1) is 5.92 Å². The summed E-state index contributed by atoms with van der Waals surface area (Å²) in [4.78, 5) is 22.7. The van der Waals surface area contributed by atoms with E-state index in [0.29, 0.717) is 13.0 Å². The zero-order valence-corrected chi connectivity index (χ0v) is 10.9. The van der Waals surface area contributed by atoms with E-state index < -0.39 is 5.60 Å². The van der Waals surface area contributed by atoms with E-state index >= 15 is 0 Å². The van der Waals surface area contributed by atoms with Gasteiger partial charge in [0.15, 0.2) is 5.78 Å². The Hall–Kier alpha value is -1.16. The number of hydrogen-bond donors (Lipinski definition) is 0. The number of Topliss-reactive ketones (excluding diaryl/α,β-unsaturated/α-hetero) is 1. The Morgan fingerprint density at radius 2 is 2.12 bits per heavy atom. The second kappa shape index (κ2) is 5.45. The molecule has 4 nitrogen and oxygen atoms in total. The average Bonchev–Trinajstić information content (AvgIpc) is 2.90. The van der Waals surface area contributed by atoms with Crippen molar-refractivity contribution in [3.05, 3.63) is 12.2 Å². The van der Waals surface area contributed by atoms with Gasteiger partial charge in [0, 0.05) is 12.0 Å². The first-order chi connectivity index (χ1) is 7.90. The van der Waals surface area contributed by atoms with Crippen LogP contribution in [0.3, 0.4) is 0 Å². The van der Waals surface area contributed by atoms with E-state index in [9.17, 15) is 9.59 Å². The smallest absolute Gasteiger partial charge is 0.330 e. The quantitative estimate of drug-likeness (QED) is 0.404. The molecule has 0 amide bonds. The average molecular weight is 240 g/mol. The van der Waals surface area contributed by atoms with Crippen LogP contribution >= 0.6 is 0 Å². The van der Waals surface area contributed by atoms with Crippen molar-refractivity contribution in [3.8, 4) is 0 Å². The van der Waals surface area contributed by atoms with Crippen LogP contribution in [0.15, 0.2) is 12.2 Å². The van der Waals surface area contributed by atoms with Crippen molar-refractivity contribution >= 4 is 11.8 Å². The number of hydrogen-bond acceptors (Lipinski definition) is 4. The molecule has 96 valence electrons. The van der Waals surface area contributed by atoms with Gasteiger partial charge in [-0.2, -0.15) is 0 Å². The fourth-order valence-corrected chi connectivity index (χ4v) is 1.63. The Balaban J connectivity index is 2.39. The third kappa shape index (κ3) is 3.66. The molecule has 0 aromatic carbocycles. The Labute approximate surface area is 102 Å². The topological polar surface area (TPSA) is 55.9 Å². The second-order valence-corrected chi connectivity index (χ2v) is 4.73. The molecule has 1 fully saturated rings. The second-order valence-electron chi connectivity index (χ2n) is 4.73. The molecular weight excluding hydrogens is 220 g/mol. The van der Waals surface area contributed by atoms with Gasteiger partial charge in [-0.05, 0) is 20.3 Å². The fourth-order valence-electron chi connectivity index (χ4n) is 1.63. The molecule has 0 aromatic heterocycles. The number of epoxide rings is 1. The molecule has 0 bridgehead atoms. The van der Waals surface area contributed by atoms with Gasteiger partial charge < -0.3 is 9.47 Å². The summed E-state index contributed by atoms with van der Waals surface area (Å²) in [5.74, 6) is -0.253. The van der Waals surface area contributed by atoms with Crippen LogP contribution in [0.4, 0.5) is 0 Å². The molecule has 1 rings (SSSR count). The van der Waals surface area contributed by atoms with Crippen LogP contribution in [0.2, 0.25) is 0 Å². The first kappa shape index (κ1) is 13.9. The Morgan fingerprint density at radius 1 is 1.47 bits per heavy atom. The molecule has 1 aliphatic heterocycles. The lowest BCUT2D eigenvalue weighted by atomic mass is 9.95. The van der Waals surface area contributed by atoms with Gasteiger partial charge in [0.1, 0.15) is 11.7 Å². The van der Waals surface area contributed by atoms with Gasteiger partial charge in [-0.1, -0.05) is 19.9 Å². The molecule has 0 saturated carbocycles. The SMILES string of the molecule is CCOC(=O)/C=C/CC1(C)OC1C(=O)C(C)C. The molecular formula is C13H20O4. The molecule has 1 aliphatic rings. The molecule has 17 heavy (non-hydrogen) atoms. The van der Waals surface area contributed by atoms with E-state index in [1.165, 1.54) is 6.08 Å². The van der Waals surface area contributed by atoms with Crippen molar-refractivity contribution in [1.29, 1.82) is 0 Å². The summed E-state index contributed by atoms with van der Waals surface area (Å²) in [6.45, 7) is 7.73. The minimum Gasteiger partial charge on any atom is -0.463 e. The lowest BCUT2D eigenvalue weighted by Gasteiger charge is -2.03. The molecule has 0 aliphatic carbocycles. The van der Waals surface area contributed by atoms with E-state index in [4.69, 9.17) is 9.47 Å². The van der Waals surface area contributed by atoms with Gasteiger partial charge in [-0.25, -0.2) is 4.79 Å². The van der Waals surface area contributed by atoms with E-state index in [2.05, 4.69) is 0 Å². The van der Waals surface area contributed by atoms with Crippen molar-refractivity contribution in [2.45, 2.75) is 45.8 Å². The fraction of sp³-hybridized carbons (Fsp3) is 0.692. The zero-order valence-electron chi connectivity index (χ0n) is 10.9. The van der Waals surface area contributed by atoms with Gasteiger partial charge in [-0.15, -0.1) is 0 Å². The summed E-state index contributed by atoms with van der Waals surface area (Å²) in [6.07, 6.45) is 3.31. The summed E-state index contributed by atoms with van der Waals surface area (Å²) in [7, 11) is 0. The van der Waals surface area contributed by atoms with Gasteiger partial charge in [0.2, 0.25) is 0 Å². The molecule has 0 N–H and O–H groups in total. The number of ether oxygens (including phenoxy) is 2. The lowest BCUT2D eigenvalue weighted by Crippen LogP contribution is -2.21. The van der Waals surface area contributed by atoms with Crippen molar-refractivity contribution in [2.75, 3.05) is 6.61 Å². The highest BCUT2D eigenvalue weighted by Crippen LogP contribution is 2.41. The third-order valence-electron chi connectivity index (χ3n) is 2.78. The summed E-state index contributed by atoms with van der Waals surface area (Å²) >= 11 is 0. The highest BCUT2D eigenvalue weighted by molar-refractivity contribution is 5.88. The van der Waals surface area contributed by atoms with Crippen LogP contribution in [0.5, 0.6) is 0 Å². The first-order valence-electron chi connectivity index (χ1n) is 5.95. The van der Waals surface area contributed by atoms with Crippen molar-refractivity contribution < 1.29 is 19.1 Å². The van der Waals surface area contributed by atoms with Gasteiger partial charge in [0.25, 0.3) is 0 Å². The first-order valence-corrected chi connectivity index (χ1v) is 5.95. The van der Waals surface area contributed by atoms with E-state index in [1.54, 1.807) is 13.0 Å². The molecule has 1 heterocycles. The van der Waals surface area contributed by atoms with Crippen molar-refractivity contribution in [2.24, 2.45) is 5.92 Å². The minimum absolute atomic E-state index is 0.0177. The maximum absolute atomic E-state index is 11.7. The minimum atomic E-state index is -0.440. The normalized spacial score (nSPS) is 27.5. The van der Waals surface area contributed by atoms with Crippen molar-refractivity contribution in [1.82, 2.24) is 0 Å². The Morgan fingerprint density at radius 3 is 2.65 bits per heavy atom. The molecule has 0 radical (unpaired) electrons. The van der Waals surface area contributed by atoms with Crippen LogP contribution in [-0.2, 0) is 19.1 Å².